The molecule has 1 fully saturated rings. The summed E-state index contributed by atoms with van der Waals surface area (Å²) in [7, 11) is 0. The highest BCUT2D eigenvalue weighted by Crippen LogP contribution is 2.24. The molecule has 0 N–H and O–H groups in total. The van der Waals surface area contributed by atoms with Crippen LogP contribution in [0.3, 0.4) is 0 Å². The first kappa shape index (κ1) is 20.1. The standard InChI is InChI=1S/C21H24ClN5O/c1-3-17-18(14-23)20(25-24-19(17)4-2)26-9-6-10-27(12-11-26)21(28)15-7-5-8-16(22)13-15/h5,7-8,13H,3-4,6,9-12H2,1-2H3. The van der Waals surface area contributed by atoms with Gasteiger partial charge in [0.05, 0.1) is 5.69 Å². The van der Waals surface area contributed by atoms with E-state index in [0.29, 0.717) is 41.6 Å². The summed E-state index contributed by atoms with van der Waals surface area (Å²) in [5, 5.41) is 19.0. The van der Waals surface area contributed by atoms with Crippen LogP contribution in [0.2, 0.25) is 5.02 Å². The number of amides is 1. The predicted molar refractivity (Wildman–Crippen MR) is 110 cm³/mol. The van der Waals surface area contributed by atoms with Gasteiger partial charge in [0.1, 0.15) is 11.6 Å². The summed E-state index contributed by atoms with van der Waals surface area (Å²) < 4.78 is 0. The Kier molecular flexibility index (Phi) is 6.48. The summed E-state index contributed by atoms with van der Waals surface area (Å²) in [4.78, 5) is 16.7. The molecular weight excluding hydrogens is 374 g/mol. The Morgan fingerprint density at radius 2 is 2.00 bits per heavy atom. The van der Waals surface area contributed by atoms with Crippen LogP contribution in [-0.2, 0) is 12.8 Å². The lowest BCUT2D eigenvalue weighted by Gasteiger charge is -2.24. The highest BCUT2D eigenvalue weighted by Gasteiger charge is 2.24. The van der Waals surface area contributed by atoms with E-state index in [1.54, 1.807) is 24.3 Å². The molecule has 7 heteroatoms. The maximum absolute atomic E-state index is 12.8. The Balaban J connectivity index is 1.81. The van der Waals surface area contributed by atoms with E-state index in [1.165, 1.54) is 0 Å². The minimum absolute atomic E-state index is 0.0217. The molecule has 0 unspecified atom stereocenters. The Labute approximate surface area is 170 Å². The van der Waals surface area contributed by atoms with Crippen LogP contribution in [0.1, 0.15) is 47.4 Å². The second-order valence-electron chi connectivity index (χ2n) is 6.79. The van der Waals surface area contributed by atoms with Crippen molar-refractivity contribution in [1.82, 2.24) is 15.1 Å². The van der Waals surface area contributed by atoms with Gasteiger partial charge in [0.2, 0.25) is 0 Å². The number of hydrogen-bond donors (Lipinski definition) is 0. The third-order valence-corrected chi connectivity index (χ3v) is 5.33. The number of anilines is 1. The average molecular weight is 398 g/mol. The smallest absolute Gasteiger partial charge is 0.253 e. The van der Waals surface area contributed by atoms with Crippen LogP contribution in [0, 0.1) is 11.3 Å². The number of aromatic nitrogens is 2. The van der Waals surface area contributed by atoms with Crippen LogP contribution < -0.4 is 4.90 Å². The summed E-state index contributed by atoms with van der Waals surface area (Å²) >= 11 is 6.03. The molecule has 28 heavy (non-hydrogen) atoms. The van der Waals surface area contributed by atoms with Crippen molar-refractivity contribution in [2.75, 3.05) is 31.1 Å². The SMILES string of the molecule is CCc1nnc(N2CCCN(C(=O)c3cccc(Cl)c3)CC2)c(C#N)c1CC. The maximum Gasteiger partial charge on any atom is 0.253 e. The van der Waals surface area contributed by atoms with Crippen molar-refractivity contribution in [3.05, 3.63) is 51.7 Å². The van der Waals surface area contributed by atoms with Gasteiger partial charge in [0.15, 0.2) is 5.82 Å². The molecule has 1 aromatic carbocycles. The first-order valence-corrected chi connectivity index (χ1v) is 10.0. The van der Waals surface area contributed by atoms with Crippen molar-refractivity contribution < 1.29 is 4.79 Å². The fraction of sp³-hybridized carbons (Fsp3) is 0.429. The molecular formula is C21H24ClN5O. The van der Waals surface area contributed by atoms with Crippen molar-refractivity contribution in [3.8, 4) is 6.07 Å². The van der Waals surface area contributed by atoms with Crippen molar-refractivity contribution in [2.24, 2.45) is 0 Å². The second-order valence-corrected chi connectivity index (χ2v) is 7.22. The van der Waals surface area contributed by atoms with E-state index in [1.807, 2.05) is 18.7 Å². The zero-order valence-electron chi connectivity index (χ0n) is 16.3. The minimum Gasteiger partial charge on any atom is -0.352 e. The number of benzene rings is 1. The number of nitriles is 1. The topological polar surface area (TPSA) is 73.1 Å². The minimum atomic E-state index is -0.0217. The number of nitrogens with zero attached hydrogens (tertiary/aromatic N) is 5. The van der Waals surface area contributed by atoms with Gasteiger partial charge in [-0.15, -0.1) is 5.10 Å². The molecule has 1 aliphatic heterocycles. The van der Waals surface area contributed by atoms with Gasteiger partial charge in [-0.05, 0) is 43.0 Å². The van der Waals surface area contributed by atoms with Crippen LogP contribution in [0.25, 0.3) is 0 Å². The Morgan fingerprint density at radius 3 is 2.68 bits per heavy atom. The van der Waals surface area contributed by atoms with E-state index in [-0.39, 0.29) is 5.91 Å². The number of aryl methyl sites for hydroxylation is 1. The van der Waals surface area contributed by atoms with Crippen LogP contribution in [-0.4, -0.2) is 47.2 Å². The van der Waals surface area contributed by atoms with Crippen LogP contribution in [0.4, 0.5) is 5.82 Å². The Bertz CT molecular complexity index is 908. The number of halogens is 1. The quantitative estimate of drug-likeness (QED) is 0.789. The lowest BCUT2D eigenvalue weighted by atomic mass is 10.0. The van der Waals surface area contributed by atoms with Gasteiger partial charge in [-0.3, -0.25) is 4.79 Å². The van der Waals surface area contributed by atoms with E-state index in [0.717, 1.165) is 37.1 Å². The molecule has 2 aromatic rings. The highest BCUT2D eigenvalue weighted by atomic mass is 35.5. The molecule has 2 heterocycles. The molecule has 3 rings (SSSR count). The molecule has 1 amide bonds. The highest BCUT2D eigenvalue weighted by molar-refractivity contribution is 6.30. The van der Waals surface area contributed by atoms with Crippen molar-refractivity contribution in [1.29, 1.82) is 5.26 Å². The van der Waals surface area contributed by atoms with E-state index in [4.69, 9.17) is 11.6 Å². The summed E-state index contributed by atoms with van der Waals surface area (Å²) in [5.74, 6) is 0.611. The van der Waals surface area contributed by atoms with Crippen LogP contribution >= 0.6 is 11.6 Å². The average Bonchev–Trinajstić information content (AvgIpc) is 2.98. The number of carbonyl (C=O) groups is 1. The third-order valence-electron chi connectivity index (χ3n) is 5.09. The third kappa shape index (κ3) is 4.10. The Hall–Kier alpha value is -2.65. The monoisotopic (exact) mass is 397 g/mol. The molecule has 1 aliphatic rings. The van der Waals surface area contributed by atoms with E-state index in [9.17, 15) is 10.1 Å². The number of carbonyl (C=O) groups excluding carboxylic acids is 1. The molecule has 0 saturated carbocycles. The van der Waals surface area contributed by atoms with Crippen molar-refractivity contribution in [2.45, 2.75) is 33.1 Å². The lowest BCUT2D eigenvalue weighted by molar-refractivity contribution is 0.0767. The molecule has 146 valence electrons. The number of rotatable bonds is 4. The molecule has 0 spiro atoms. The molecule has 1 aromatic heterocycles. The van der Waals surface area contributed by atoms with Gasteiger partial charge in [0.25, 0.3) is 5.91 Å². The van der Waals surface area contributed by atoms with Gasteiger partial charge in [-0.2, -0.15) is 10.4 Å². The van der Waals surface area contributed by atoms with Crippen molar-refractivity contribution in [3.63, 3.8) is 0 Å². The fourth-order valence-corrected chi connectivity index (χ4v) is 3.83. The molecule has 1 saturated heterocycles. The Morgan fingerprint density at radius 1 is 1.18 bits per heavy atom. The molecule has 6 nitrogen and oxygen atoms in total. The van der Waals surface area contributed by atoms with E-state index < -0.39 is 0 Å². The molecule has 0 bridgehead atoms. The maximum atomic E-state index is 12.8. The fourth-order valence-electron chi connectivity index (χ4n) is 3.64. The number of hydrogen-bond acceptors (Lipinski definition) is 5. The summed E-state index contributed by atoms with van der Waals surface area (Å²) in [6, 6.07) is 9.36. The first-order chi connectivity index (χ1) is 13.6. The summed E-state index contributed by atoms with van der Waals surface area (Å²) in [5.41, 5.74) is 3.07. The molecule has 0 atom stereocenters. The van der Waals surface area contributed by atoms with Gasteiger partial charge < -0.3 is 9.80 Å². The second kappa shape index (κ2) is 9.03. The van der Waals surface area contributed by atoms with Crippen LogP contribution in [0.5, 0.6) is 0 Å². The molecule has 0 radical (unpaired) electrons. The van der Waals surface area contributed by atoms with Gasteiger partial charge in [0, 0.05) is 36.8 Å². The van der Waals surface area contributed by atoms with E-state index in [2.05, 4.69) is 21.2 Å². The predicted octanol–water partition coefficient (Wildman–Crippen LogP) is 3.48. The van der Waals surface area contributed by atoms with E-state index >= 15 is 0 Å². The zero-order chi connectivity index (χ0) is 20.1. The zero-order valence-corrected chi connectivity index (χ0v) is 17.0. The first-order valence-electron chi connectivity index (χ1n) is 9.67. The molecule has 0 aliphatic carbocycles. The largest absolute Gasteiger partial charge is 0.352 e. The summed E-state index contributed by atoms with van der Waals surface area (Å²) in [6.07, 6.45) is 2.31. The van der Waals surface area contributed by atoms with Gasteiger partial charge in [-0.1, -0.05) is 31.5 Å². The summed E-state index contributed by atoms with van der Waals surface area (Å²) in [6.45, 7) is 6.63. The van der Waals surface area contributed by atoms with Gasteiger partial charge >= 0.3 is 0 Å². The van der Waals surface area contributed by atoms with Gasteiger partial charge in [-0.25, -0.2) is 0 Å². The normalized spacial score (nSPS) is 14.5. The van der Waals surface area contributed by atoms with Crippen molar-refractivity contribution >= 4 is 23.3 Å². The van der Waals surface area contributed by atoms with Crippen LogP contribution in [0.15, 0.2) is 24.3 Å². The lowest BCUT2D eigenvalue weighted by Crippen LogP contribution is -2.35.